The highest BCUT2D eigenvalue weighted by Crippen LogP contribution is 2.28. The Kier molecular flexibility index (Phi) is 9.76. The Balaban J connectivity index is 2.34. The monoisotopic (exact) mass is 355 g/mol. The highest BCUT2D eigenvalue weighted by molar-refractivity contribution is 6.31. The predicted octanol–water partition coefficient (Wildman–Crippen LogP) is 2.84. The first kappa shape index (κ1) is 20.7. The number of hydrogen-bond donors (Lipinski definition) is 2. The molecule has 0 aromatic heterocycles. The second kappa shape index (κ2) is 11.3. The maximum Gasteiger partial charge on any atom is 0.191 e. The van der Waals surface area contributed by atoms with Crippen molar-refractivity contribution in [3.8, 4) is 0 Å². The van der Waals surface area contributed by atoms with Crippen molar-refractivity contribution in [2.75, 3.05) is 47.1 Å². The first-order valence-corrected chi connectivity index (χ1v) is 8.65. The van der Waals surface area contributed by atoms with Gasteiger partial charge in [-0.15, -0.1) is 0 Å². The molecule has 0 aliphatic heterocycles. The summed E-state index contributed by atoms with van der Waals surface area (Å²) in [7, 11) is 3.44. The van der Waals surface area contributed by atoms with E-state index >= 15 is 0 Å². The smallest absolute Gasteiger partial charge is 0.191 e. The van der Waals surface area contributed by atoms with Crippen molar-refractivity contribution in [2.45, 2.75) is 25.7 Å². The maximum atomic E-state index is 6.32. The molecule has 0 unspecified atom stereocenters. The average molecular weight is 356 g/mol. The summed E-state index contributed by atoms with van der Waals surface area (Å²) in [5, 5.41) is 7.45. The third-order valence-electron chi connectivity index (χ3n) is 3.71. The summed E-state index contributed by atoms with van der Waals surface area (Å²) in [6.07, 6.45) is 0.915. The quantitative estimate of drug-likeness (QED) is 0.385. The van der Waals surface area contributed by atoms with Crippen molar-refractivity contribution in [3.63, 3.8) is 0 Å². The van der Waals surface area contributed by atoms with E-state index in [9.17, 15) is 0 Å². The molecule has 136 valence electrons. The molecule has 0 atom stereocenters. The number of methoxy groups -OCH3 is 1. The molecule has 0 radical (unpaired) electrons. The minimum atomic E-state index is -0.0980. The normalized spacial score (nSPS) is 12.3. The summed E-state index contributed by atoms with van der Waals surface area (Å²) in [5.74, 6) is 0.784. The lowest BCUT2D eigenvalue weighted by molar-refractivity contribution is 0.0698. The molecule has 24 heavy (non-hydrogen) atoms. The Hall–Kier alpha value is -1.30. The van der Waals surface area contributed by atoms with Crippen molar-refractivity contribution in [3.05, 3.63) is 34.9 Å². The lowest BCUT2D eigenvalue weighted by Crippen LogP contribution is -2.44. The Bertz CT molecular complexity index is 507. The molecule has 1 rings (SSSR count). The number of halogens is 1. The van der Waals surface area contributed by atoms with Gasteiger partial charge in [0.2, 0.25) is 0 Å². The number of guanidine groups is 1. The number of ether oxygens (including phenoxy) is 2. The van der Waals surface area contributed by atoms with Crippen LogP contribution in [-0.4, -0.2) is 53.0 Å². The number of nitrogens with one attached hydrogen (secondary N) is 2. The van der Waals surface area contributed by atoms with Crippen molar-refractivity contribution >= 4 is 17.6 Å². The molecule has 5 nitrogen and oxygen atoms in total. The van der Waals surface area contributed by atoms with E-state index in [0.29, 0.717) is 19.8 Å². The van der Waals surface area contributed by atoms with Gasteiger partial charge in [0, 0.05) is 44.3 Å². The van der Waals surface area contributed by atoms with E-state index in [0.717, 1.165) is 36.1 Å². The van der Waals surface area contributed by atoms with Crippen LogP contribution in [-0.2, 0) is 14.9 Å². The first-order valence-electron chi connectivity index (χ1n) is 8.27. The molecule has 0 fully saturated rings. The van der Waals surface area contributed by atoms with Crippen LogP contribution < -0.4 is 10.6 Å². The van der Waals surface area contributed by atoms with Crippen LogP contribution in [0, 0.1) is 0 Å². The van der Waals surface area contributed by atoms with Crippen molar-refractivity contribution < 1.29 is 9.47 Å². The highest BCUT2D eigenvalue weighted by atomic mass is 35.5. The molecule has 0 saturated carbocycles. The van der Waals surface area contributed by atoms with E-state index in [4.69, 9.17) is 21.1 Å². The van der Waals surface area contributed by atoms with Crippen molar-refractivity contribution in [1.29, 1.82) is 0 Å². The fourth-order valence-electron chi connectivity index (χ4n) is 2.26. The largest absolute Gasteiger partial charge is 0.382 e. The molecular formula is C18H30ClN3O2. The van der Waals surface area contributed by atoms with Crippen molar-refractivity contribution in [2.24, 2.45) is 4.99 Å². The van der Waals surface area contributed by atoms with E-state index in [-0.39, 0.29) is 5.41 Å². The van der Waals surface area contributed by atoms with E-state index < -0.39 is 0 Å². The predicted molar refractivity (Wildman–Crippen MR) is 101 cm³/mol. The molecule has 2 N–H and O–H groups in total. The number of rotatable bonds is 10. The van der Waals surface area contributed by atoms with Gasteiger partial charge < -0.3 is 20.1 Å². The standard InChI is InChI=1S/C18H30ClN3O2/c1-18(2,15-8-5-6-9-16(15)19)14-22-17(20-3)21-10-7-11-24-13-12-23-4/h5-6,8-9H,7,10-14H2,1-4H3,(H2,20,21,22). The van der Waals surface area contributed by atoms with Gasteiger partial charge in [-0.25, -0.2) is 0 Å². The van der Waals surface area contributed by atoms with Crippen LogP contribution in [0.25, 0.3) is 0 Å². The highest BCUT2D eigenvalue weighted by Gasteiger charge is 2.23. The molecule has 6 heteroatoms. The molecule has 0 saturated heterocycles. The van der Waals surface area contributed by atoms with Crippen LogP contribution in [0.4, 0.5) is 0 Å². The number of aliphatic imine (C=N–C) groups is 1. The molecule has 1 aromatic rings. The first-order chi connectivity index (χ1) is 11.5. The molecule has 0 amide bonds. The van der Waals surface area contributed by atoms with E-state index in [2.05, 4.69) is 35.5 Å². The molecule has 0 aliphatic carbocycles. The number of nitrogens with zero attached hydrogens (tertiary/aromatic N) is 1. The third-order valence-corrected chi connectivity index (χ3v) is 4.04. The number of hydrogen-bond acceptors (Lipinski definition) is 3. The maximum absolute atomic E-state index is 6.32. The van der Waals surface area contributed by atoms with Gasteiger partial charge in [0.15, 0.2) is 5.96 Å². The van der Waals surface area contributed by atoms with Gasteiger partial charge in [-0.2, -0.15) is 0 Å². The van der Waals surface area contributed by atoms with Crippen LogP contribution in [0.2, 0.25) is 5.02 Å². The van der Waals surface area contributed by atoms with Gasteiger partial charge in [0.05, 0.1) is 13.2 Å². The zero-order valence-electron chi connectivity index (χ0n) is 15.2. The van der Waals surface area contributed by atoms with Crippen molar-refractivity contribution in [1.82, 2.24) is 10.6 Å². The lowest BCUT2D eigenvalue weighted by Gasteiger charge is -2.27. The summed E-state index contributed by atoms with van der Waals surface area (Å²) < 4.78 is 10.4. The minimum absolute atomic E-state index is 0.0980. The van der Waals surface area contributed by atoms with Gasteiger partial charge >= 0.3 is 0 Å². The molecular weight excluding hydrogens is 326 g/mol. The second-order valence-electron chi connectivity index (χ2n) is 6.17. The minimum Gasteiger partial charge on any atom is -0.382 e. The topological polar surface area (TPSA) is 54.9 Å². The van der Waals surface area contributed by atoms with Crippen LogP contribution in [0.1, 0.15) is 25.8 Å². The van der Waals surface area contributed by atoms with Crippen LogP contribution in [0.15, 0.2) is 29.3 Å². The van der Waals surface area contributed by atoms with E-state index in [1.165, 1.54) is 0 Å². The SMILES string of the molecule is CN=C(NCCCOCCOC)NCC(C)(C)c1ccccc1Cl. The summed E-state index contributed by atoms with van der Waals surface area (Å²) >= 11 is 6.32. The molecule has 0 heterocycles. The third kappa shape index (κ3) is 7.51. The van der Waals surface area contributed by atoms with Crippen LogP contribution in [0.3, 0.4) is 0 Å². The zero-order chi connectivity index (χ0) is 17.8. The Labute approximate surface area is 150 Å². The summed E-state index contributed by atoms with van der Waals surface area (Å²) in [4.78, 5) is 4.26. The average Bonchev–Trinajstić information content (AvgIpc) is 2.57. The van der Waals surface area contributed by atoms with Gasteiger partial charge in [-0.3, -0.25) is 4.99 Å². The number of benzene rings is 1. The van der Waals surface area contributed by atoms with Crippen LogP contribution in [0.5, 0.6) is 0 Å². The van der Waals surface area contributed by atoms with Gasteiger partial charge in [0.1, 0.15) is 0 Å². The summed E-state index contributed by atoms with van der Waals surface area (Å²) in [6.45, 7) is 7.85. The van der Waals surface area contributed by atoms with Gasteiger partial charge in [0.25, 0.3) is 0 Å². The summed E-state index contributed by atoms with van der Waals surface area (Å²) in [6, 6.07) is 7.96. The fraction of sp³-hybridized carbons (Fsp3) is 0.611. The molecule has 0 bridgehead atoms. The van der Waals surface area contributed by atoms with Gasteiger partial charge in [-0.1, -0.05) is 43.6 Å². The second-order valence-corrected chi connectivity index (χ2v) is 6.58. The van der Waals surface area contributed by atoms with E-state index in [1.807, 2.05) is 18.2 Å². The van der Waals surface area contributed by atoms with E-state index in [1.54, 1.807) is 14.2 Å². The zero-order valence-corrected chi connectivity index (χ0v) is 15.9. The van der Waals surface area contributed by atoms with Gasteiger partial charge in [-0.05, 0) is 18.1 Å². The molecule has 0 spiro atoms. The molecule has 1 aromatic carbocycles. The Morgan fingerprint density at radius 2 is 1.92 bits per heavy atom. The Morgan fingerprint density at radius 1 is 1.17 bits per heavy atom. The molecule has 0 aliphatic rings. The fourth-order valence-corrected chi connectivity index (χ4v) is 2.65. The summed E-state index contributed by atoms with van der Waals surface area (Å²) in [5.41, 5.74) is 1.03. The lowest BCUT2D eigenvalue weighted by atomic mass is 9.84. The van der Waals surface area contributed by atoms with Crippen LogP contribution >= 0.6 is 11.6 Å². The Morgan fingerprint density at radius 3 is 2.58 bits per heavy atom.